The monoisotopic (exact) mass is 157 g/mol. The van der Waals surface area contributed by atoms with Crippen LogP contribution in [-0.4, -0.2) is 29.6 Å². The minimum Gasteiger partial charge on any atom is -0.389 e. The smallest absolute Gasteiger partial charge is 0.137 e. The van der Waals surface area contributed by atoms with Crippen molar-refractivity contribution < 1.29 is 9.90 Å². The van der Waals surface area contributed by atoms with E-state index in [-0.39, 0.29) is 11.7 Å². The van der Waals surface area contributed by atoms with E-state index in [0.717, 1.165) is 6.54 Å². The lowest BCUT2D eigenvalue weighted by Crippen LogP contribution is -2.51. The fourth-order valence-electron chi connectivity index (χ4n) is 1.56. The predicted octanol–water partition coefficient (Wildman–Crippen LogP) is -0.0641. The molecule has 64 valence electrons. The number of piperidine rings is 1. The molecule has 1 rings (SSSR count). The molecule has 3 nitrogen and oxygen atoms in total. The number of nitrogens with one attached hydrogen (secondary N) is 1. The van der Waals surface area contributed by atoms with Gasteiger partial charge in [-0.3, -0.25) is 4.79 Å². The van der Waals surface area contributed by atoms with Gasteiger partial charge < -0.3 is 10.4 Å². The molecule has 0 aliphatic carbocycles. The lowest BCUT2D eigenvalue weighted by atomic mass is 9.81. The Bertz CT molecular complexity index is 165. The SMILES string of the molecule is CC(=O)[C@H]1CNCC[C@]1(C)O. The summed E-state index contributed by atoms with van der Waals surface area (Å²) in [6.07, 6.45) is 0.664. The van der Waals surface area contributed by atoms with Crippen molar-refractivity contribution in [3.8, 4) is 0 Å². The highest BCUT2D eigenvalue weighted by molar-refractivity contribution is 5.79. The van der Waals surface area contributed by atoms with Crippen molar-refractivity contribution >= 4 is 5.78 Å². The highest BCUT2D eigenvalue weighted by Crippen LogP contribution is 2.23. The third kappa shape index (κ3) is 1.79. The van der Waals surface area contributed by atoms with E-state index in [1.54, 1.807) is 6.92 Å². The Labute approximate surface area is 66.8 Å². The number of hydrogen-bond donors (Lipinski definition) is 2. The van der Waals surface area contributed by atoms with Gasteiger partial charge in [-0.05, 0) is 26.8 Å². The van der Waals surface area contributed by atoms with Gasteiger partial charge in [-0.1, -0.05) is 0 Å². The zero-order valence-corrected chi connectivity index (χ0v) is 7.05. The largest absolute Gasteiger partial charge is 0.389 e. The zero-order valence-electron chi connectivity index (χ0n) is 7.05. The van der Waals surface area contributed by atoms with Crippen LogP contribution >= 0.6 is 0 Å². The Morgan fingerprint density at radius 2 is 2.36 bits per heavy atom. The molecule has 0 bridgehead atoms. The molecule has 0 amide bonds. The number of carbonyl (C=O) groups is 1. The summed E-state index contributed by atoms with van der Waals surface area (Å²) in [4.78, 5) is 11.0. The molecule has 2 atom stereocenters. The fourth-order valence-corrected chi connectivity index (χ4v) is 1.56. The first-order chi connectivity index (χ1) is 5.04. The molecule has 1 aliphatic rings. The first kappa shape index (κ1) is 8.68. The van der Waals surface area contributed by atoms with Crippen LogP contribution in [0.4, 0.5) is 0 Å². The van der Waals surface area contributed by atoms with Gasteiger partial charge in [0.25, 0.3) is 0 Å². The van der Waals surface area contributed by atoms with Crippen LogP contribution in [0.2, 0.25) is 0 Å². The summed E-state index contributed by atoms with van der Waals surface area (Å²) in [6.45, 7) is 4.69. The van der Waals surface area contributed by atoms with Gasteiger partial charge in [0.05, 0.1) is 11.5 Å². The maximum Gasteiger partial charge on any atom is 0.137 e. The minimum absolute atomic E-state index is 0.0715. The van der Waals surface area contributed by atoms with E-state index >= 15 is 0 Å². The lowest BCUT2D eigenvalue weighted by molar-refractivity contribution is -0.130. The summed E-state index contributed by atoms with van der Waals surface area (Å²) in [5.74, 6) is -0.154. The van der Waals surface area contributed by atoms with Gasteiger partial charge in [0, 0.05) is 6.54 Å². The third-order valence-electron chi connectivity index (χ3n) is 2.40. The molecule has 0 aromatic heterocycles. The number of rotatable bonds is 1. The number of ketones is 1. The summed E-state index contributed by atoms with van der Waals surface area (Å²) >= 11 is 0. The normalized spacial score (nSPS) is 38.6. The van der Waals surface area contributed by atoms with Crippen LogP contribution in [0, 0.1) is 5.92 Å². The molecule has 0 radical (unpaired) electrons. The fraction of sp³-hybridized carbons (Fsp3) is 0.875. The van der Waals surface area contributed by atoms with Crippen LogP contribution in [-0.2, 0) is 4.79 Å². The van der Waals surface area contributed by atoms with Gasteiger partial charge in [-0.25, -0.2) is 0 Å². The summed E-state index contributed by atoms with van der Waals surface area (Å²) in [7, 11) is 0. The van der Waals surface area contributed by atoms with Gasteiger partial charge in [0.15, 0.2) is 0 Å². The van der Waals surface area contributed by atoms with Crippen LogP contribution in [0.1, 0.15) is 20.3 Å². The highest BCUT2D eigenvalue weighted by atomic mass is 16.3. The minimum atomic E-state index is -0.795. The molecule has 1 fully saturated rings. The van der Waals surface area contributed by atoms with Gasteiger partial charge in [0.2, 0.25) is 0 Å². The molecule has 11 heavy (non-hydrogen) atoms. The van der Waals surface area contributed by atoms with Crippen molar-refractivity contribution in [2.24, 2.45) is 5.92 Å². The number of carbonyl (C=O) groups excluding carboxylic acids is 1. The molecular formula is C8H15NO2. The van der Waals surface area contributed by atoms with Crippen LogP contribution in [0.15, 0.2) is 0 Å². The molecule has 0 aromatic carbocycles. The van der Waals surface area contributed by atoms with Gasteiger partial charge in [0.1, 0.15) is 5.78 Å². The first-order valence-electron chi connectivity index (χ1n) is 3.97. The molecule has 1 heterocycles. The Balaban J connectivity index is 2.67. The van der Waals surface area contributed by atoms with Crippen molar-refractivity contribution in [3.63, 3.8) is 0 Å². The molecule has 0 spiro atoms. The molecule has 0 saturated carbocycles. The first-order valence-corrected chi connectivity index (χ1v) is 3.97. The third-order valence-corrected chi connectivity index (χ3v) is 2.40. The summed E-state index contributed by atoms with van der Waals surface area (Å²) in [6, 6.07) is 0. The van der Waals surface area contributed by atoms with E-state index in [0.29, 0.717) is 13.0 Å². The van der Waals surface area contributed by atoms with E-state index in [9.17, 15) is 9.90 Å². The second-order valence-electron chi connectivity index (χ2n) is 3.47. The molecular weight excluding hydrogens is 142 g/mol. The Morgan fingerprint density at radius 1 is 1.73 bits per heavy atom. The summed E-state index contributed by atoms with van der Waals surface area (Å²) < 4.78 is 0. The summed E-state index contributed by atoms with van der Waals surface area (Å²) in [5, 5.41) is 12.8. The molecule has 2 N–H and O–H groups in total. The second kappa shape index (κ2) is 2.91. The van der Waals surface area contributed by atoms with Crippen LogP contribution < -0.4 is 5.32 Å². The topological polar surface area (TPSA) is 49.3 Å². The average Bonchev–Trinajstić information content (AvgIpc) is 1.85. The van der Waals surface area contributed by atoms with Crippen molar-refractivity contribution in [2.45, 2.75) is 25.9 Å². The Morgan fingerprint density at radius 3 is 2.73 bits per heavy atom. The Hall–Kier alpha value is -0.410. The van der Waals surface area contributed by atoms with E-state index < -0.39 is 5.60 Å². The highest BCUT2D eigenvalue weighted by Gasteiger charge is 2.37. The molecule has 3 heteroatoms. The number of Topliss-reactive ketones (excluding diaryl/α,β-unsaturated/α-hetero) is 1. The van der Waals surface area contributed by atoms with Crippen LogP contribution in [0.5, 0.6) is 0 Å². The Kier molecular flexibility index (Phi) is 2.30. The lowest BCUT2D eigenvalue weighted by Gasteiger charge is -2.35. The van der Waals surface area contributed by atoms with Crippen molar-refractivity contribution in [3.05, 3.63) is 0 Å². The van der Waals surface area contributed by atoms with Crippen molar-refractivity contribution in [1.82, 2.24) is 5.32 Å². The van der Waals surface area contributed by atoms with Crippen molar-refractivity contribution in [2.75, 3.05) is 13.1 Å². The molecule has 0 unspecified atom stereocenters. The molecule has 1 saturated heterocycles. The van der Waals surface area contributed by atoms with Gasteiger partial charge in [-0.2, -0.15) is 0 Å². The van der Waals surface area contributed by atoms with E-state index in [1.165, 1.54) is 6.92 Å². The molecule has 0 aromatic rings. The van der Waals surface area contributed by atoms with E-state index in [2.05, 4.69) is 5.32 Å². The standard InChI is InChI=1S/C8H15NO2/c1-6(10)7-5-9-4-3-8(7,2)11/h7,9,11H,3-5H2,1-2H3/t7-,8+/m1/s1. The maximum absolute atomic E-state index is 11.0. The second-order valence-corrected chi connectivity index (χ2v) is 3.47. The van der Waals surface area contributed by atoms with E-state index in [1.807, 2.05) is 0 Å². The van der Waals surface area contributed by atoms with Crippen molar-refractivity contribution in [1.29, 1.82) is 0 Å². The van der Waals surface area contributed by atoms with Gasteiger partial charge in [-0.15, -0.1) is 0 Å². The zero-order chi connectivity index (χ0) is 8.48. The van der Waals surface area contributed by atoms with Gasteiger partial charge >= 0.3 is 0 Å². The maximum atomic E-state index is 11.0. The number of aliphatic hydroxyl groups is 1. The summed E-state index contributed by atoms with van der Waals surface area (Å²) in [5.41, 5.74) is -0.795. The van der Waals surface area contributed by atoms with Crippen LogP contribution in [0.3, 0.4) is 0 Å². The average molecular weight is 157 g/mol. The predicted molar refractivity (Wildman–Crippen MR) is 42.3 cm³/mol. The quantitative estimate of drug-likeness (QED) is 0.560. The molecule has 1 aliphatic heterocycles. The number of hydrogen-bond acceptors (Lipinski definition) is 3. The van der Waals surface area contributed by atoms with Crippen LogP contribution in [0.25, 0.3) is 0 Å². The van der Waals surface area contributed by atoms with E-state index in [4.69, 9.17) is 0 Å².